The van der Waals surface area contributed by atoms with Gasteiger partial charge in [0, 0.05) is 25.2 Å². The Balaban J connectivity index is 1.79. The van der Waals surface area contributed by atoms with Crippen LogP contribution in [0.5, 0.6) is 0 Å². The molecule has 0 radical (unpaired) electrons. The van der Waals surface area contributed by atoms with Crippen LogP contribution in [0.25, 0.3) is 0 Å². The van der Waals surface area contributed by atoms with Gasteiger partial charge in [0.25, 0.3) is 0 Å². The van der Waals surface area contributed by atoms with Crippen LogP contribution in [0.2, 0.25) is 0 Å². The van der Waals surface area contributed by atoms with Gasteiger partial charge < -0.3 is 10.0 Å². The molecule has 1 N–H and O–H groups in total. The average molecular weight is 259 g/mol. The van der Waals surface area contributed by atoms with Gasteiger partial charge in [-0.25, -0.2) is 0 Å². The van der Waals surface area contributed by atoms with E-state index >= 15 is 0 Å². The Kier molecular flexibility index (Phi) is 3.30. The highest BCUT2D eigenvalue weighted by atomic mass is 16.3. The van der Waals surface area contributed by atoms with Gasteiger partial charge in [-0.3, -0.25) is 0 Å². The smallest absolute Gasteiger partial charge is 0.0632 e. The molecule has 1 heterocycles. The average Bonchev–Trinajstić information content (AvgIpc) is 2.66. The first-order valence-corrected chi connectivity index (χ1v) is 7.61. The quantitative estimate of drug-likeness (QED) is 0.898. The molecule has 19 heavy (non-hydrogen) atoms. The first kappa shape index (κ1) is 13.0. The summed E-state index contributed by atoms with van der Waals surface area (Å²) in [6.45, 7) is 6.19. The van der Waals surface area contributed by atoms with Gasteiger partial charge in [-0.2, -0.15) is 0 Å². The number of hydrogen-bond acceptors (Lipinski definition) is 2. The second-order valence-corrected chi connectivity index (χ2v) is 6.90. The third kappa shape index (κ3) is 2.79. The van der Waals surface area contributed by atoms with Crippen LogP contribution >= 0.6 is 0 Å². The highest BCUT2D eigenvalue weighted by Gasteiger charge is 2.27. The lowest BCUT2D eigenvalue weighted by atomic mass is 9.85. The molecule has 1 aliphatic carbocycles. The zero-order valence-electron chi connectivity index (χ0n) is 12.2. The van der Waals surface area contributed by atoms with Gasteiger partial charge in [0.15, 0.2) is 0 Å². The minimum Gasteiger partial charge on any atom is -0.390 e. The molecule has 0 spiro atoms. The second kappa shape index (κ2) is 4.82. The lowest BCUT2D eigenvalue weighted by Crippen LogP contribution is -2.31. The number of fused-ring (bicyclic) bond motifs is 1. The molecule has 3 rings (SSSR count). The number of anilines is 1. The molecule has 2 heteroatoms. The summed E-state index contributed by atoms with van der Waals surface area (Å²) in [6.07, 6.45) is 6.15. The van der Waals surface area contributed by atoms with E-state index in [-0.39, 0.29) is 0 Å². The second-order valence-electron chi connectivity index (χ2n) is 6.90. The lowest BCUT2D eigenvalue weighted by Gasteiger charge is -2.31. The molecule has 0 bridgehead atoms. The number of benzene rings is 1. The number of aliphatic hydroxyl groups is 1. The van der Waals surface area contributed by atoms with E-state index in [2.05, 4.69) is 23.1 Å². The maximum atomic E-state index is 10.0. The van der Waals surface area contributed by atoms with Crippen LogP contribution < -0.4 is 4.90 Å². The van der Waals surface area contributed by atoms with Crippen LogP contribution in [-0.2, 0) is 12.8 Å². The Morgan fingerprint density at radius 3 is 2.74 bits per heavy atom. The van der Waals surface area contributed by atoms with Crippen LogP contribution in [-0.4, -0.2) is 23.8 Å². The molecule has 1 aliphatic heterocycles. The third-order valence-corrected chi connectivity index (χ3v) is 4.55. The van der Waals surface area contributed by atoms with Crippen molar-refractivity contribution in [1.82, 2.24) is 0 Å². The Morgan fingerprint density at radius 2 is 2.11 bits per heavy atom. The summed E-state index contributed by atoms with van der Waals surface area (Å²) < 4.78 is 0. The van der Waals surface area contributed by atoms with Crippen LogP contribution in [0.15, 0.2) is 18.2 Å². The van der Waals surface area contributed by atoms with Gasteiger partial charge in [0.1, 0.15) is 0 Å². The van der Waals surface area contributed by atoms with Gasteiger partial charge in [0.05, 0.1) is 5.60 Å². The van der Waals surface area contributed by atoms with Crippen LogP contribution in [0, 0.1) is 5.92 Å². The molecule has 1 aromatic rings. The number of rotatable bonds is 4. The highest BCUT2D eigenvalue weighted by Crippen LogP contribution is 2.35. The Morgan fingerprint density at radius 1 is 1.32 bits per heavy atom. The van der Waals surface area contributed by atoms with E-state index in [0.717, 1.165) is 25.3 Å². The van der Waals surface area contributed by atoms with Crippen molar-refractivity contribution in [2.75, 3.05) is 18.0 Å². The topological polar surface area (TPSA) is 23.5 Å². The molecule has 0 amide bonds. The highest BCUT2D eigenvalue weighted by molar-refractivity contribution is 5.61. The summed E-state index contributed by atoms with van der Waals surface area (Å²) >= 11 is 0. The van der Waals surface area contributed by atoms with E-state index in [9.17, 15) is 5.11 Å². The minimum atomic E-state index is -0.615. The predicted molar refractivity (Wildman–Crippen MR) is 79.7 cm³/mol. The number of hydrogen-bond donors (Lipinski definition) is 1. The summed E-state index contributed by atoms with van der Waals surface area (Å²) in [5, 5.41) is 10.0. The lowest BCUT2D eigenvalue weighted by molar-refractivity contribution is 0.0808. The van der Waals surface area contributed by atoms with E-state index in [1.165, 1.54) is 42.6 Å². The first-order valence-electron chi connectivity index (χ1n) is 7.61. The summed E-state index contributed by atoms with van der Waals surface area (Å²) in [6, 6.07) is 6.59. The van der Waals surface area contributed by atoms with E-state index in [1.54, 1.807) is 0 Å². The normalized spacial score (nSPS) is 19.4. The van der Waals surface area contributed by atoms with Crippen molar-refractivity contribution < 1.29 is 5.11 Å². The van der Waals surface area contributed by atoms with Crippen molar-refractivity contribution in [3.63, 3.8) is 0 Å². The maximum absolute atomic E-state index is 10.0. The van der Waals surface area contributed by atoms with E-state index in [0.29, 0.717) is 0 Å². The zero-order chi connectivity index (χ0) is 13.5. The molecule has 0 saturated heterocycles. The summed E-state index contributed by atoms with van der Waals surface area (Å²) in [5.74, 6) is 0.920. The molecule has 1 aromatic carbocycles. The molecular weight excluding hydrogens is 234 g/mol. The maximum Gasteiger partial charge on any atom is 0.0632 e. The summed E-state index contributed by atoms with van der Waals surface area (Å²) in [4.78, 5) is 2.56. The van der Waals surface area contributed by atoms with Gasteiger partial charge in [0.2, 0.25) is 0 Å². The van der Waals surface area contributed by atoms with Crippen molar-refractivity contribution >= 4 is 5.69 Å². The van der Waals surface area contributed by atoms with Crippen LogP contribution in [0.4, 0.5) is 5.69 Å². The van der Waals surface area contributed by atoms with Gasteiger partial charge >= 0.3 is 0 Å². The minimum absolute atomic E-state index is 0.615. The molecule has 0 unspecified atom stereocenters. The van der Waals surface area contributed by atoms with Crippen LogP contribution in [0.1, 0.15) is 44.2 Å². The van der Waals surface area contributed by atoms with Crippen molar-refractivity contribution in [3.05, 3.63) is 29.3 Å². The molecule has 1 saturated carbocycles. The Hall–Kier alpha value is -1.02. The molecule has 2 nitrogen and oxygen atoms in total. The van der Waals surface area contributed by atoms with Gasteiger partial charge in [-0.05, 0) is 56.2 Å². The largest absolute Gasteiger partial charge is 0.390 e. The van der Waals surface area contributed by atoms with E-state index < -0.39 is 5.60 Å². The summed E-state index contributed by atoms with van der Waals surface area (Å²) in [5.41, 5.74) is 3.62. The van der Waals surface area contributed by atoms with Gasteiger partial charge in [-0.15, -0.1) is 0 Å². The predicted octanol–water partition coefficient (Wildman–Crippen LogP) is 3.16. The molecule has 2 aliphatic rings. The standard InChI is InChI=1S/C17H25NO/c1-17(2,19)11-14-7-4-8-16-15(14)9-10-18(16)12-13-5-3-6-13/h4,7-8,13,19H,3,5-6,9-12H2,1-2H3. The Labute approximate surface area is 116 Å². The molecule has 0 atom stereocenters. The molecule has 1 fully saturated rings. The molecule has 0 aromatic heterocycles. The van der Waals surface area contributed by atoms with E-state index in [4.69, 9.17) is 0 Å². The fourth-order valence-corrected chi connectivity index (χ4v) is 3.38. The van der Waals surface area contributed by atoms with Crippen molar-refractivity contribution in [2.24, 2.45) is 5.92 Å². The monoisotopic (exact) mass is 259 g/mol. The fourth-order valence-electron chi connectivity index (χ4n) is 3.38. The van der Waals surface area contributed by atoms with Crippen molar-refractivity contribution in [3.8, 4) is 0 Å². The fraction of sp³-hybridized carbons (Fsp3) is 0.647. The molecular formula is C17H25NO. The third-order valence-electron chi connectivity index (χ3n) is 4.55. The first-order chi connectivity index (χ1) is 9.03. The number of nitrogens with zero attached hydrogens (tertiary/aromatic N) is 1. The summed E-state index contributed by atoms with van der Waals surface area (Å²) in [7, 11) is 0. The Bertz CT molecular complexity index is 457. The van der Waals surface area contributed by atoms with Crippen LogP contribution in [0.3, 0.4) is 0 Å². The van der Waals surface area contributed by atoms with Crippen molar-refractivity contribution in [2.45, 2.75) is 51.6 Å². The van der Waals surface area contributed by atoms with Gasteiger partial charge in [-0.1, -0.05) is 18.6 Å². The van der Waals surface area contributed by atoms with E-state index in [1.807, 2.05) is 13.8 Å². The SMILES string of the molecule is CC(C)(O)Cc1cccc2c1CCN2CC1CCC1. The zero-order valence-corrected chi connectivity index (χ0v) is 12.2. The molecule has 104 valence electrons. The van der Waals surface area contributed by atoms with Crippen molar-refractivity contribution in [1.29, 1.82) is 0 Å².